The Kier molecular flexibility index (Phi) is 3.15. The molecule has 0 aliphatic heterocycles. The molecule has 2 heterocycles. The summed E-state index contributed by atoms with van der Waals surface area (Å²) in [6.07, 6.45) is 6.51. The summed E-state index contributed by atoms with van der Waals surface area (Å²) in [5.41, 5.74) is 0. The molecule has 0 unspecified atom stereocenters. The molecule has 0 radical (unpaired) electrons. The SMILES string of the molecule is O=C(CCn1ccnc1-c1cccs1)NC1CC1. The van der Waals surface area contributed by atoms with Gasteiger partial charge in [-0.05, 0) is 24.3 Å². The Bertz CT molecular complexity index is 528. The summed E-state index contributed by atoms with van der Waals surface area (Å²) < 4.78 is 2.04. The first-order valence-electron chi connectivity index (χ1n) is 6.17. The van der Waals surface area contributed by atoms with Gasteiger partial charge in [0, 0.05) is 31.4 Å². The molecule has 2 aromatic rings. The van der Waals surface area contributed by atoms with Crippen LogP contribution in [0, 0.1) is 0 Å². The molecule has 1 N–H and O–H groups in total. The van der Waals surface area contributed by atoms with E-state index in [0.29, 0.717) is 19.0 Å². The fourth-order valence-electron chi connectivity index (χ4n) is 1.87. The van der Waals surface area contributed by atoms with Crippen molar-refractivity contribution in [2.75, 3.05) is 0 Å². The highest BCUT2D eigenvalue weighted by Crippen LogP contribution is 2.23. The van der Waals surface area contributed by atoms with Crippen LogP contribution in [0.4, 0.5) is 0 Å². The highest BCUT2D eigenvalue weighted by molar-refractivity contribution is 7.13. The highest BCUT2D eigenvalue weighted by atomic mass is 32.1. The fraction of sp³-hybridized carbons (Fsp3) is 0.385. The molecule has 3 rings (SSSR count). The Labute approximate surface area is 110 Å². The van der Waals surface area contributed by atoms with Crippen molar-refractivity contribution >= 4 is 17.2 Å². The monoisotopic (exact) mass is 261 g/mol. The zero-order valence-corrected chi connectivity index (χ0v) is 10.8. The van der Waals surface area contributed by atoms with Gasteiger partial charge in [0.25, 0.3) is 0 Å². The normalized spacial score (nSPS) is 14.7. The quantitative estimate of drug-likeness (QED) is 0.897. The van der Waals surface area contributed by atoms with Gasteiger partial charge >= 0.3 is 0 Å². The van der Waals surface area contributed by atoms with Gasteiger partial charge in [0.05, 0.1) is 4.88 Å². The maximum absolute atomic E-state index is 11.6. The number of carbonyl (C=O) groups excluding carboxylic acids is 1. The maximum Gasteiger partial charge on any atom is 0.222 e. The minimum Gasteiger partial charge on any atom is -0.353 e. The number of hydrogen-bond acceptors (Lipinski definition) is 3. The smallest absolute Gasteiger partial charge is 0.222 e. The van der Waals surface area contributed by atoms with Crippen molar-refractivity contribution in [1.82, 2.24) is 14.9 Å². The van der Waals surface area contributed by atoms with Gasteiger partial charge in [-0.15, -0.1) is 11.3 Å². The third-order valence-electron chi connectivity index (χ3n) is 2.98. The molecule has 0 spiro atoms. The average molecular weight is 261 g/mol. The van der Waals surface area contributed by atoms with Gasteiger partial charge in [-0.2, -0.15) is 0 Å². The van der Waals surface area contributed by atoms with Crippen molar-refractivity contribution in [3.05, 3.63) is 29.9 Å². The predicted molar refractivity (Wildman–Crippen MR) is 71.3 cm³/mol. The fourth-order valence-corrected chi connectivity index (χ4v) is 2.61. The van der Waals surface area contributed by atoms with E-state index in [1.165, 1.54) is 0 Å². The minimum absolute atomic E-state index is 0.142. The lowest BCUT2D eigenvalue weighted by Crippen LogP contribution is -2.26. The number of hydrogen-bond donors (Lipinski definition) is 1. The second kappa shape index (κ2) is 4.94. The number of nitrogens with zero attached hydrogens (tertiary/aromatic N) is 2. The van der Waals surface area contributed by atoms with Crippen LogP contribution in [0.5, 0.6) is 0 Å². The molecule has 1 fully saturated rings. The van der Waals surface area contributed by atoms with E-state index < -0.39 is 0 Å². The minimum atomic E-state index is 0.142. The molecule has 0 atom stereocenters. The van der Waals surface area contributed by atoms with E-state index in [9.17, 15) is 4.79 Å². The van der Waals surface area contributed by atoms with E-state index in [-0.39, 0.29) is 5.91 Å². The first-order valence-corrected chi connectivity index (χ1v) is 7.05. The van der Waals surface area contributed by atoms with Gasteiger partial charge in [0.2, 0.25) is 5.91 Å². The molecule has 94 valence electrons. The topological polar surface area (TPSA) is 46.9 Å². The summed E-state index contributed by atoms with van der Waals surface area (Å²) in [7, 11) is 0. The van der Waals surface area contributed by atoms with Crippen LogP contribution in [0.3, 0.4) is 0 Å². The van der Waals surface area contributed by atoms with Gasteiger partial charge in [-0.1, -0.05) is 6.07 Å². The summed E-state index contributed by atoms with van der Waals surface area (Å²) >= 11 is 1.67. The van der Waals surface area contributed by atoms with E-state index in [1.54, 1.807) is 17.5 Å². The molecule has 1 aliphatic carbocycles. The summed E-state index contributed by atoms with van der Waals surface area (Å²) in [4.78, 5) is 17.1. The zero-order chi connectivity index (χ0) is 12.4. The van der Waals surface area contributed by atoms with Crippen LogP contribution in [0.25, 0.3) is 10.7 Å². The third kappa shape index (κ3) is 2.61. The number of aromatic nitrogens is 2. The number of carbonyl (C=O) groups is 1. The summed E-state index contributed by atoms with van der Waals surface area (Å²) in [5.74, 6) is 1.09. The first-order chi connectivity index (χ1) is 8.83. The molecule has 5 heteroatoms. The van der Waals surface area contributed by atoms with E-state index in [1.807, 2.05) is 28.3 Å². The second-order valence-corrected chi connectivity index (χ2v) is 5.46. The maximum atomic E-state index is 11.6. The van der Waals surface area contributed by atoms with Gasteiger partial charge in [0.15, 0.2) is 0 Å². The summed E-state index contributed by atoms with van der Waals surface area (Å²) in [6.45, 7) is 0.686. The lowest BCUT2D eigenvalue weighted by atomic mass is 10.3. The van der Waals surface area contributed by atoms with Crippen LogP contribution in [0.15, 0.2) is 29.9 Å². The molecule has 0 bridgehead atoms. The predicted octanol–water partition coefficient (Wildman–Crippen LogP) is 2.28. The van der Waals surface area contributed by atoms with Crippen molar-refractivity contribution in [3.8, 4) is 10.7 Å². The van der Waals surface area contributed by atoms with Crippen LogP contribution in [0.2, 0.25) is 0 Å². The van der Waals surface area contributed by atoms with Gasteiger partial charge in [-0.25, -0.2) is 4.98 Å². The number of imidazole rings is 1. The van der Waals surface area contributed by atoms with Gasteiger partial charge in [0.1, 0.15) is 5.82 Å². The molecule has 1 amide bonds. The Balaban J connectivity index is 1.62. The molecule has 2 aromatic heterocycles. The van der Waals surface area contributed by atoms with Crippen molar-refractivity contribution in [2.45, 2.75) is 31.8 Å². The van der Waals surface area contributed by atoms with Crippen LogP contribution in [-0.2, 0) is 11.3 Å². The molecule has 4 nitrogen and oxygen atoms in total. The van der Waals surface area contributed by atoms with Crippen LogP contribution >= 0.6 is 11.3 Å². The highest BCUT2D eigenvalue weighted by Gasteiger charge is 2.22. The van der Waals surface area contributed by atoms with Gasteiger partial charge < -0.3 is 9.88 Å². The lowest BCUT2D eigenvalue weighted by Gasteiger charge is -2.07. The number of thiophene rings is 1. The molecule has 0 saturated heterocycles. The third-order valence-corrected chi connectivity index (χ3v) is 3.85. The number of aryl methyl sites for hydroxylation is 1. The Morgan fingerprint density at radius 1 is 1.56 bits per heavy atom. The number of amides is 1. The largest absolute Gasteiger partial charge is 0.353 e. The molecule has 1 saturated carbocycles. The second-order valence-electron chi connectivity index (χ2n) is 4.51. The average Bonchev–Trinajstić information content (AvgIpc) is 2.86. The van der Waals surface area contributed by atoms with E-state index in [0.717, 1.165) is 23.5 Å². The van der Waals surface area contributed by atoms with E-state index in [4.69, 9.17) is 0 Å². The Hall–Kier alpha value is -1.62. The number of nitrogens with one attached hydrogen (secondary N) is 1. The first kappa shape index (κ1) is 11.5. The molecule has 18 heavy (non-hydrogen) atoms. The van der Waals surface area contributed by atoms with Crippen molar-refractivity contribution in [1.29, 1.82) is 0 Å². The van der Waals surface area contributed by atoms with Crippen LogP contribution < -0.4 is 5.32 Å². The lowest BCUT2D eigenvalue weighted by molar-refractivity contribution is -0.121. The zero-order valence-electron chi connectivity index (χ0n) is 10.0. The molecular weight excluding hydrogens is 246 g/mol. The molecular formula is C13H15N3OS. The van der Waals surface area contributed by atoms with Crippen LogP contribution in [0.1, 0.15) is 19.3 Å². The summed E-state index contributed by atoms with van der Waals surface area (Å²) in [6, 6.07) is 4.50. The number of rotatable bonds is 5. The Morgan fingerprint density at radius 3 is 3.17 bits per heavy atom. The van der Waals surface area contributed by atoms with Crippen molar-refractivity contribution < 1.29 is 4.79 Å². The van der Waals surface area contributed by atoms with Gasteiger partial charge in [-0.3, -0.25) is 4.79 Å². The van der Waals surface area contributed by atoms with E-state index >= 15 is 0 Å². The van der Waals surface area contributed by atoms with Crippen molar-refractivity contribution in [3.63, 3.8) is 0 Å². The standard InChI is InChI=1S/C13H15N3OS/c17-12(15-10-3-4-10)5-7-16-8-6-14-13(16)11-2-1-9-18-11/h1-2,6,8-10H,3-5,7H2,(H,15,17). The molecule has 1 aliphatic rings. The van der Waals surface area contributed by atoms with E-state index in [2.05, 4.69) is 10.3 Å². The van der Waals surface area contributed by atoms with Crippen molar-refractivity contribution in [2.24, 2.45) is 0 Å². The summed E-state index contributed by atoms with van der Waals surface area (Å²) in [5, 5.41) is 5.04. The Morgan fingerprint density at radius 2 is 2.44 bits per heavy atom. The molecule has 0 aromatic carbocycles. The van der Waals surface area contributed by atoms with Crippen LogP contribution in [-0.4, -0.2) is 21.5 Å².